The van der Waals surface area contributed by atoms with Crippen LogP contribution in [0.1, 0.15) is 41.8 Å². The smallest absolute Gasteiger partial charge is 0.247 e. The SMILES string of the molecule is CC1([N+](=O)[O-])C(c2ccco2)C(=Cc2ccco2)C(=O)C(=Cc2ccco2)C1c1ccco1. The fourth-order valence-electron chi connectivity index (χ4n) is 4.58. The highest BCUT2D eigenvalue weighted by molar-refractivity contribution is 6.16. The Morgan fingerprint density at radius 1 is 0.788 bits per heavy atom. The topological polar surface area (TPSA) is 113 Å². The van der Waals surface area contributed by atoms with Gasteiger partial charge in [-0.25, -0.2) is 0 Å². The lowest BCUT2D eigenvalue weighted by Gasteiger charge is -2.40. The van der Waals surface area contributed by atoms with Crippen molar-refractivity contribution < 1.29 is 27.4 Å². The van der Waals surface area contributed by atoms with Crippen LogP contribution in [0.15, 0.2) is 102 Å². The summed E-state index contributed by atoms with van der Waals surface area (Å²) >= 11 is 0. The first-order valence-electron chi connectivity index (χ1n) is 10.3. The molecule has 5 rings (SSSR count). The summed E-state index contributed by atoms with van der Waals surface area (Å²) in [5.74, 6) is -1.01. The molecule has 0 aromatic carbocycles. The van der Waals surface area contributed by atoms with E-state index in [1.54, 1.807) is 48.5 Å². The molecule has 8 nitrogen and oxygen atoms in total. The number of hydrogen-bond donors (Lipinski definition) is 0. The highest BCUT2D eigenvalue weighted by Gasteiger charge is 2.63. The van der Waals surface area contributed by atoms with Crippen molar-refractivity contribution in [3.63, 3.8) is 0 Å². The molecule has 8 heteroatoms. The van der Waals surface area contributed by atoms with Gasteiger partial charge in [-0.05, 0) is 60.7 Å². The molecule has 0 N–H and O–H groups in total. The van der Waals surface area contributed by atoms with Crippen LogP contribution in [0, 0.1) is 10.1 Å². The molecule has 0 bridgehead atoms. The van der Waals surface area contributed by atoms with Crippen molar-refractivity contribution in [2.45, 2.75) is 24.3 Å². The maximum Gasteiger partial charge on any atom is 0.247 e. The van der Waals surface area contributed by atoms with Crippen molar-refractivity contribution >= 4 is 17.9 Å². The molecule has 0 radical (unpaired) electrons. The van der Waals surface area contributed by atoms with Gasteiger partial charge in [0, 0.05) is 23.0 Å². The molecule has 2 unspecified atom stereocenters. The van der Waals surface area contributed by atoms with Crippen LogP contribution in [0.2, 0.25) is 0 Å². The van der Waals surface area contributed by atoms with Crippen LogP contribution >= 0.6 is 0 Å². The third kappa shape index (κ3) is 3.36. The first-order valence-corrected chi connectivity index (χ1v) is 10.3. The number of carbonyl (C=O) groups excluding carboxylic acids is 1. The van der Waals surface area contributed by atoms with Gasteiger partial charge in [0.15, 0.2) is 5.78 Å². The van der Waals surface area contributed by atoms with Crippen molar-refractivity contribution in [2.75, 3.05) is 0 Å². The summed E-state index contributed by atoms with van der Waals surface area (Å²) in [6.45, 7) is 1.51. The number of furan rings is 4. The van der Waals surface area contributed by atoms with Gasteiger partial charge in [-0.1, -0.05) is 0 Å². The average Bonchev–Trinajstić information content (AvgIpc) is 3.61. The van der Waals surface area contributed by atoms with Crippen molar-refractivity contribution in [2.24, 2.45) is 0 Å². The molecule has 0 amide bonds. The van der Waals surface area contributed by atoms with Gasteiger partial charge in [0.25, 0.3) is 0 Å². The molecule has 4 heterocycles. The second kappa shape index (κ2) is 7.98. The van der Waals surface area contributed by atoms with Crippen LogP contribution in [0.4, 0.5) is 0 Å². The first-order chi connectivity index (χ1) is 16.0. The minimum absolute atomic E-state index is 0.180. The van der Waals surface area contributed by atoms with Gasteiger partial charge in [-0.3, -0.25) is 14.9 Å². The number of Topliss-reactive ketones (excluding diaryl/α,β-unsaturated/α-hetero) is 1. The van der Waals surface area contributed by atoms with Crippen LogP contribution < -0.4 is 0 Å². The van der Waals surface area contributed by atoms with Gasteiger partial charge >= 0.3 is 0 Å². The Labute approximate surface area is 187 Å². The molecule has 33 heavy (non-hydrogen) atoms. The summed E-state index contributed by atoms with van der Waals surface area (Å²) in [7, 11) is 0. The van der Waals surface area contributed by atoms with E-state index >= 15 is 0 Å². The second-order valence-electron chi connectivity index (χ2n) is 7.94. The third-order valence-corrected chi connectivity index (χ3v) is 6.05. The van der Waals surface area contributed by atoms with E-state index in [4.69, 9.17) is 17.7 Å². The monoisotopic (exact) mass is 445 g/mol. The summed E-state index contributed by atoms with van der Waals surface area (Å²) in [6, 6.07) is 13.3. The molecule has 1 aliphatic carbocycles. The summed E-state index contributed by atoms with van der Waals surface area (Å²) in [4.78, 5) is 26.4. The number of carbonyl (C=O) groups is 1. The summed E-state index contributed by atoms with van der Waals surface area (Å²) in [5.41, 5.74) is -1.38. The lowest BCUT2D eigenvalue weighted by Crippen LogP contribution is -2.53. The van der Waals surface area contributed by atoms with Gasteiger partial charge in [-0.2, -0.15) is 0 Å². The Morgan fingerprint density at radius 3 is 1.55 bits per heavy atom. The first kappa shape index (κ1) is 20.6. The van der Waals surface area contributed by atoms with E-state index < -0.39 is 17.4 Å². The van der Waals surface area contributed by atoms with Crippen molar-refractivity contribution in [3.8, 4) is 0 Å². The lowest BCUT2D eigenvalue weighted by atomic mass is 9.60. The van der Waals surface area contributed by atoms with Gasteiger partial charge in [-0.15, -0.1) is 0 Å². The highest BCUT2D eigenvalue weighted by Crippen LogP contribution is 2.55. The van der Waals surface area contributed by atoms with Gasteiger partial charge < -0.3 is 17.7 Å². The molecular formula is C25H19NO7. The van der Waals surface area contributed by atoms with Crippen LogP contribution in [0.25, 0.3) is 12.2 Å². The number of ketones is 1. The zero-order valence-electron chi connectivity index (χ0n) is 17.5. The van der Waals surface area contributed by atoms with Crippen molar-refractivity contribution in [1.29, 1.82) is 0 Å². The third-order valence-electron chi connectivity index (χ3n) is 6.05. The van der Waals surface area contributed by atoms with Gasteiger partial charge in [0.05, 0.1) is 25.1 Å². The number of nitrogens with zero attached hydrogens (tertiary/aromatic N) is 1. The molecule has 0 saturated heterocycles. The molecule has 1 fully saturated rings. The molecule has 0 aliphatic heterocycles. The zero-order chi connectivity index (χ0) is 23.0. The van der Waals surface area contributed by atoms with Crippen LogP contribution in [0.5, 0.6) is 0 Å². The van der Waals surface area contributed by atoms with E-state index in [0.717, 1.165) is 0 Å². The molecule has 1 aliphatic rings. The van der Waals surface area contributed by atoms with E-state index in [1.165, 1.54) is 44.1 Å². The Bertz CT molecular complexity index is 1220. The molecule has 4 aromatic rings. The largest absolute Gasteiger partial charge is 0.468 e. The second-order valence-corrected chi connectivity index (χ2v) is 7.94. The Hall–Kier alpha value is -4.33. The normalized spacial score (nSPS) is 25.7. The highest BCUT2D eigenvalue weighted by atomic mass is 16.6. The Kier molecular flexibility index (Phi) is 4.97. The van der Waals surface area contributed by atoms with Gasteiger partial charge in [0.1, 0.15) is 34.9 Å². The average molecular weight is 445 g/mol. The quantitative estimate of drug-likeness (QED) is 0.220. The molecule has 2 atom stereocenters. The van der Waals surface area contributed by atoms with E-state index in [1.807, 2.05) is 0 Å². The van der Waals surface area contributed by atoms with E-state index in [9.17, 15) is 14.9 Å². The lowest BCUT2D eigenvalue weighted by molar-refractivity contribution is -0.573. The fourth-order valence-corrected chi connectivity index (χ4v) is 4.58. The Balaban J connectivity index is 1.82. The number of rotatable bonds is 5. The predicted octanol–water partition coefficient (Wildman–Crippen LogP) is 5.71. The minimum atomic E-state index is -1.74. The molecular weight excluding hydrogens is 426 g/mol. The zero-order valence-corrected chi connectivity index (χ0v) is 17.5. The summed E-state index contributed by atoms with van der Waals surface area (Å²) in [5, 5.41) is 12.8. The van der Waals surface area contributed by atoms with E-state index in [-0.39, 0.29) is 21.9 Å². The summed E-state index contributed by atoms with van der Waals surface area (Å²) < 4.78 is 22.1. The molecule has 0 spiro atoms. The van der Waals surface area contributed by atoms with Crippen molar-refractivity contribution in [3.05, 3.63) is 118 Å². The molecule has 166 valence electrons. The Morgan fingerprint density at radius 2 is 1.21 bits per heavy atom. The maximum absolute atomic E-state index is 14.0. The molecule has 4 aromatic heterocycles. The van der Waals surface area contributed by atoms with Gasteiger partial charge in [0.2, 0.25) is 5.54 Å². The van der Waals surface area contributed by atoms with E-state index in [2.05, 4.69) is 0 Å². The minimum Gasteiger partial charge on any atom is -0.468 e. The standard InChI is InChI=1S/C25H19NO7/c1-25(26(28)29)22(20-8-4-12-32-20)18(14-16-6-2-10-30-16)24(27)19(15-17-7-3-11-31-17)23(25)21-9-5-13-33-21/h2-15,22-23H,1H3. The van der Waals surface area contributed by atoms with Crippen molar-refractivity contribution in [1.82, 2.24) is 0 Å². The van der Waals surface area contributed by atoms with Crippen LogP contribution in [-0.2, 0) is 4.79 Å². The molecule has 1 saturated carbocycles. The number of nitro groups is 1. The van der Waals surface area contributed by atoms with E-state index in [0.29, 0.717) is 23.0 Å². The number of hydrogen-bond acceptors (Lipinski definition) is 7. The van der Waals surface area contributed by atoms with Crippen LogP contribution in [-0.4, -0.2) is 16.2 Å². The predicted molar refractivity (Wildman–Crippen MR) is 117 cm³/mol. The maximum atomic E-state index is 14.0. The van der Waals surface area contributed by atoms with Crippen LogP contribution in [0.3, 0.4) is 0 Å². The fraction of sp³-hybridized carbons (Fsp3) is 0.160. The summed E-state index contributed by atoms with van der Waals surface area (Å²) in [6.07, 6.45) is 8.87.